The number of rotatable bonds is 5. The summed E-state index contributed by atoms with van der Waals surface area (Å²) < 4.78 is 26.3. The lowest BCUT2D eigenvalue weighted by atomic mass is 10.2. The van der Waals surface area contributed by atoms with Crippen molar-refractivity contribution in [1.82, 2.24) is 4.31 Å². The molecule has 1 aromatic carbocycles. The molecule has 1 aromatic rings. The summed E-state index contributed by atoms with van der Waals surface area (Å²) in [5.41, 5.74) is 1.34. The second-order valence-electron chi connectivity index (χ2n) is 4.99. The van der Waals surface area contributed by atoms with Gasteiger partial charge < -0.3 is 5.11 Å². The molecule has 0 unspecified atom stereocenters. The van der Waals surface area contributed by atoms with Crippen LogP contribution < -0.4 is 0 Å². The summed E-state index contributed by atoms with van der Waals surface area (Å²) in [6.07, 6.45) is 2.24. The molecule has 1 N–H and O–H groups in total. The van der Waals surface area contributed by atoms with E-state index in [1.807, 2.05) is 0 Å². The van der Waals surface area contributed by atoms with Crippen molar-refractivity contribution in [2.45, 2.75) is 31.3 Å². The summed E-state index contributed by atoms with van der Waals surface area (Å²) in [5.74, 6) is 0.520. The quantitative estimate of drug-likeness (QED) is 0.881. The van der Waals surface area contributed by atoms with E-state index in [0.29, 0.717) is 22.9 Å². The highest BCUT2D eigenvalue weighted by atomic mass is 32.2. The van der Waals surface area contributed by atoms with Crippen LogP contribution in [0.4, 0.5) is 0 Å². The summed E-state index contributed by atoms with van der Waals surface area (Å²) in [6, 6.07) is 5.05. The van der Waals surface area contributed by atoms with Crippen molar-refractivity contribution in [2.24, 2.45) is 5.92 Å². The predicted octanol–water partition coefficient (Wildman–Crippen LogP) is 1.52. The average molecular weight is 269 g/mol. The molecule has 0 heterocycles. The maximum atomic E-state index is 12.4. The first-order chi connectivity index (χ1) is 8.45. The van der Waals surface area contributed by atoms with Crippen molar-refractivity contribution in [1.29, 1.82) is 0 Å². The molecular formula is C13H19NO3S. The maximum Gasteiger partial charge on any atom is 0.243 e. The van der Waals surface area contributed by atoms with Crippen molar-refractivity contribution in [2.75, 3.05) is 13.6 Å². The van der Waals surface area contributed by atoms with Gasteiger partial charge in [0.05, 0.1) is 11.5 Å². The van der Waals surface area contributed by atoms with E-state index in [-0.39, 0.29) is 6.61 Å². The van der Waals surface area contributed by atoms with E-state index in [0.717, 1.165) is 18.4 Å². The van der Waals surface area contributed by atoms with Crippen LogP contribution in [0.1, 0.15) is 24.0 Å². The Kier molecular flexibility index (Phi) is 3.75. The summed E-state index contributed by atoms with van der Waals surface area (Å²) >= 11 is 0. The number of sulfonamides is 1. The Hall–Kier alpha value is -0.910. The molecule has 0 bridgehead atoms. The first kappa shape index (κ1) is 13.5. The van der Waals surface area contributed by atoms with Crippen molar-refractivity contribution >= 4 is 10.0 Å². The highest BCUT2D eigenvalue weighted by molar-refractivity contribution is 7.89. The van der Waals surface area contributed by atoms with Crippen LogP contribution in [0, 0.1) is 12.8 Å². The Morgan fingerprint density at radius 3 is 2.61 bits per heavy atom. The van der Waals surface area contributed by atoms with Crippen LogP contribution in [0.5, 0.6) is 0 Å². The largest absolute Gasteiger partial charge is 0.392 e. The smallest absolute Gasteiger partial charge is 0.243 e. The van der Waals surface area contributed by atoms with Crippen molar-refractivity contribution < 1.29 is 13.5 Å². The Labute approximate surface area is 108 Å². The first-order valence-electron chi connectivity index (χ1n) is 6.12. The molecule has 5 heteroatoms. The van der Waals surface area contributed by atoms with Gasteiger partial charge in [0.1, 0.15) is 0 Å². The topological polar surface area (TPSA) is 57.6 Å². The van der Waals surface area contributed by atoms with Gasteiger partial charge in [-0.3, -0.25) is 0 Å². The number of hydrogen-bond acceptors (Lipinski definition) is 3. The lowest BCUT2D eigenvalue weighted by Crippen LogP contribution is -2.29. The highest BCUT2D eigenvalue weighted by Gasteiger charge is 2.29. The van der Waals surface area contributed by atoms with Crippen LogP contribution in [0.2, 0.25) is 0 Å². The maximum absolute atomic E-state index is 12.4. The van der Waals surface area contributed by atoms with Gasteiger partial charge in [0.25, 0.3) is 0 Å². The van der Waals surface area contributed by atoms with Gasteiger partial charge in [-0.1, -0.05) is 12.1 Å². The standard InChI is InChI=1S/C13H19NO3S/c1-10-3-4-12(9-15)7-13(10)18(16,17)14(2)8-11-5-6-11/h3-4,7,11,15H,5-6,8-9H2,1-2H3. The third kappa shape index (κ3) is 2.74. The molecule has 0 aliphatic heterocycles. The Morgan fingerprint density at radius 2 is 2.06 bits per heavy atom. The third-order valence-electron chi connectivity index (χ3n) is 3.34. The Bertz CT molecular complexity index is 535. The van der Waals surface area contributed by atoms with E-state index < -0.39 is 10.0 Å². The number of hydrogen-bond donors (Lipinski definition) is 1. The summed E-state index contributed by atoms with van der Waals surface area (Å²) in [6.45, 7) is 2.22. The van der Waals surface area contributed by atoms with Crippen LogP contribution in [0.25, 0.3) is 0 Å². The second-order valence-corrected chi connectivity index (χ2v) is 7.00. The number of aliphatic hydroxyl groups excluding tert-OH is 1. The number of benzene rings is 1. The Morgan fingerprint density at radius 1 is 1.39 bits per heavy atom. The summed E-state index contributed by atoms with van der Waals surface area (Å²) in [5, 5.41) is 9.10. The van der Waals surface area contributed by atoms with E-state index in [4.69, 9.17) is 5.11 Å². The van der Waals surface area contributed by atoms with Crippen LogP contribution in [-0.4, -0.2) is 31.4 Å². The molecule has 0 saturated heterocycles. The normalized spacial score (nSPS) is 16.2. The zero-order valence-electron chi connectivity index (χ0n) is 10.8. The summed E-state index contributed by atoms with van der Waals surface area (Å²) in [4.78, 5) is 0.303. The van der Waals surface area contributed by atoms with E-state index in [1.54, 1.807) is 32.2 Å². The van der Waals surface area contributed by atoms with Gasteiger partial charge in [0.2, 0.25) is 10.0 Å². The number of nitrogens with zero attached hydrogens (tertiary/aromatic N) is 1. The van der Waals surface area contributed by atoms with Gasteiger partial charge in [0, 0.05) is 13.6 Å². The fourth-order valence-corrected chi connectivity index (χ4v) is 3.47. The van der Waals surface area contributed by atoms with Crippen molar-refractivity contribution in [3.63, 3.8) is 0 Å². The van der Waals surface area contributed by atoms with E-state index in [1.165, 1.54) is 4.31 Å². The van der Waals surface area contributed by atoms with Gasteiger partial charge >= 0.3 is 0 Å². The Balaban J connectivity index is 2.32. The minimum Gasteiger partial charge on any atom is -0.392 e. The molecular weight excluding hydrogens is 250 g/mol. The second kappa shape index (κ2) is 4.99. The molecule has 100 valence electrons. The summed E-state index contributed by atoms with van der Waals surface area (Å²) in [7, 11) is -1.81. The number of aliphatic hydroxyl groups is 1. The molecule has 0 radical (unpaired) electrons. The van der Waals surface area contributed by atoms with E-state index in [2.05, 4.69) is 0 Å². The van der Waals surface area contributed by atoms with E-state index >= 15 is 0 Å². The van der Waals surface area contributed by atoms with Gasteiger partial charge in [0.15, 0.2) is 0 Å². The first-order valence-corrected chi connectivity index (χ1v) is 7.56. The molecule has 0 amide bonds. The lowest BCUT2D eigenvalue weighted by Gasteiger charge is -2.18. The third-order valence-corrected chi connectivity index (χ3v) is 5.30. The molecule has 4 nitrogen and oxygen atoms in total. The monoisotopic (exact) mass is 269 g/mol. The van der Waals surface area contributed by atoms with Gasteiger partial charge in [-0.05, 0) is 42.9 Å². The molecule has 0 atom stereocenters. The van der Waals surface area contributed by atoms with Crippen LogP contribution >= 0.6 is 0 Å². The zero-order chi connectivity index (χ0) is 13.3. The molecule has 1 aliphatic carbocycles. The zero-order valence-corrected chi connectivity index (χ0v) is 11.6. The SMILES string of the molecule is Cc1ccc(CO)cc1S(=O)(=O)N(C)CC1CC1. The molecule has 18 heavy (non-hydrogen) atoms. The minimum absolute atomic E-state index is 0.144. The molecule has 1 aliphatic rings. The highest BCUT2D eigenvalue weighted by Crippen LogP contribution is 2.31. The average Bonchev–Trinajstić information content (AvgIpc) is 3.13. The fourth-order valence-electron chi connectivity index (χ4n) is 1.95. The van der Waals surface area contributed by atoms with Gasteiger partial charge in [-0.25, -0.2) is 12.7 Å². The van der Waals surface area contributed by atoms with Crippen LogP contribution in [-0.2, 0) is 16.6 Å². The van der Waals surface area contributed by atoms with Crippen molar-refractivity contribution in [3.8, 4) is 0 Å². The fraction of sp³-hybridized carbons (Fsp3) is 0.538. The van der Waals surface area contributed by atoms with Crippen LogP contribution in [0.3, 0.4) is 0 Å². The minimum atomic E-state index is -3.44. The van der Waals surface area contributed by atoms with Crippen molar-refractivity contribution in [3.05, 3.63) is 29.3 Å². The van der Waals surface area contributed by atoms with Gasteiger partial charge in [-0.15, -0.1) is 0 Å². The number of aryl methyl sites for hydroxylation is 1. The molecule has 1 saturated carbocycles. The molecule has 1 fully saturated rings. The predicted molar refractivity (Wildman–Crippen MR) is 69.6 cm³/mol. The van der Waals surface area contributed by atoms with E-state index in [9.17, 15) is 8.42 Å². The van der Waals surface area contributed by atoms with Crippen LogP contribution in [0.15, 0.2) is 23.1 Å². The molecule has 0 aromatic heterocycles. The van der Waals surface area contributed by atoms with Gasteiger partial charge in [-0.2, -0.15) is 0 Å². The molecule has 2 rings (SSSR count). The lowest BCUT2D eigenvalue weighted by molar-refractivity contribution is 0.281. The molecule has 0 spiro atoms.